The van der Waals surface area contributed by atoms with Gasteiger partial charge in [-0.05, 0) is 85.3 Å². The van der Waals surface area contributed by atoms with E-state index < -0.39 is 0 Å². The fourth-order valence-corrected chi connectivity index (χ4v) is 5.12. The van der Waals surface area contributed by atoms with E-state index in [1.807, 2.05) is 53.4 Å². The van der Waals surface area contributed by atoms with E-state index in [-0.39, 0.29) is 6.03 Å². The standard InChI is InChI=1S/C27H29ClN4O2/c28-22-6-8-24(9-7-22)34-25-5-1-3-21(17-25)19-31-14-10-27(20-31)11-15-32(16-12-27)26(33)30-23-4-2-13-29-18-23/h1-9,13,17-18H,10-12,14-16,19-20H2,(H,30,33). The lowest BCUT2D eigenvalue weighted by atomic mass is 9.78. The molecule has 1 N–H and O–H groups in total. The van der Waals surface area contributed by atoms with Crippen LogP contribution in [0, 0.1) is 5.41 Å². The number of likely N-dealkylation sites (tertiary alicyclic amines) is 2. The molecule has 5 rings (SSSR count). The van der Waals surface area contributed by atoms with Gasteiger partial charge in [0.15, 0.2) is 0 Å². The number of benzene rings is 2. The maximum atomic E-state index is 12.6. The number of amides is 2. The molecule has 176 valence electrons. The van der Waals surface area contributed by atoms with Crippen LogP contribution in [0.25, 0.3) is 0 Å². The van der Waals surface area contributed by atoms with Crippen LogP contribution in [0.2, 0.25) is 5.02 Å². The normalized spacial score (nSPS) is 17.6. The van der Waals surface area contributed by atoms with Crippen molar-refractivity contribution in [2.24, 2.45) is 5.41 Å². The maximum Gasteiger partial charge on any atom is 0.321 e. The number of ether oxygens (including phenoxy) is 1. The van der Waals surface area contributed by atoms with Crippen molar-refractivity contribution in [1.82, 2.24) is 14.8 Å². The Bertz CT molecular complexity index is 1110. The van der Waals surface area contributed by atoms with Crippen LogP contribution < -0.4 is 10.1 Å². The second-order valence-electron chi connectivity index (χ2n) is 9.32. The highest BCUT2D eigenvalue weighted by Crippen LogP contribution is 2.41. The van der Waals surface area contributed by atoms with Crippen molar-refractivity contribution in [2.75, 3.05) is 31.5 Å². The molecule has 0 unspecified atom stereocenters. The van der Waals surface area contributed by atoms with Gasteiger partial charge in [-0.15, -0.1) is 0 Å². The minimum Gasteiger partial charge on any atom is -0.457 e. The molecule has 0 aliphatic carbocycles. The van der Waals surface area contributed by atoms with Gasteiger partial charge in [0.05, 0.1) is 11.9 Å². The van der Waals surface area contributed by atoms with Gasteiger partial charge in [0.1, 0.15) is 11.5 Å². The fraction of sp³-hybridized carbons (Fsp3) is 0.333. The van der Waals surface area contributed by atoms with Crippen LogP contribution in [-0.4, -0.2) is 47.0 Å². The third kappa shape index (κ3) is 5.51. The van der Waals surface area contributed by atoms with Crippen molar-refractivity contribution in [3.05, 3.63) is 83.6 Å². The van der Waals surface area contributed by atoms with Gasteiger partial charge in [-0.2, -0.15) is 0 Å². The number of nitrogens with one attached hydrogen (secondary N) is 1. The van der Waals surface area contributed by atoms with E-state index in [0.717, 1.165) is 62.8 Å². The molecule has 1 aromatic heterocycles. The molecule has 2 amide bonds. The Hall–Kier alpha value is -3.09. The topological polar surface area (TPSA) is 57.7 Å². The number of rotatable bonds is 5. The number of nitrogens with zero attached hydrogens (tertiary/aromatic N) is 3. The van der Waals surface area contributed by atoms with E-state index in [1.54, 1.807) is 12.4 Å². The molecule has 0 radical (unpaired) electrons. The molecule has 34 heavy (non-hydrogen) atoms. The van der Waals surface area contributed by atoms with Gasteiger partial charge >= 0.3 is 6.03 Å². The summed E-state index contributed by atoms with van der Waals surface area (Å²) in [5.41, 5.74) is 2.29. The predicted molar refractivity (Wildman–Crippen MR) is 134 cm³/mol. The Labute approximate surface area is 205 Å². The summed E-state index contributed by atoms with van der Waals surface area (Å²) in [6.07, 6.45) is 6.65. The number of halogens is 1. The number of pyridine rings is 1. The lowest BCUT2D eigenvalue weighted by Gasteiger charge is -2.39. The van der Waals surface area contributed by atoms with Crippen LogP contribution >= 0.6 is 11.6 Å². The molecule has 1 spiro atoms. The summed E-state index contributed by atoms with van der Waals surface area (Å²) in [7, 11) is 0. The van der Waals surface area contributed by atoms with Crippen LogP contribution in [0.15, 0.2) is 73.1 Å². The molecule has 2 aliphatic rings. The molecular weight excluding hydrogens is 448 g/mol. The Kier molecular flexibility index (Phi) is 6.70. The number of urea groups is 1. The van der Waals surface area contributed by atoms with Gasteiger partial charge < -0.3 is 15.0 Å². The summed E-state index contributed by atoms with van der Waals surface area (Å²) >= 11 is 5.97. The Morgan fingerprint density at radius 1 is 1.00 bits per heavy atom. The monoisotopic (exact) mass is 476 g/mol. The zero-order valence-corrected chi connectivity index (χ0v) is 19.9. The predicted octanol–water partition coefficient (Wildman–Crippen LogP) is 6.05. The van der Waals surface area contributed by atoms with E-state index >= 15 is 0 Å². The molecule has 0 saturated carbocycles. The first-order valence-electron chi connectivity index (χ1n) is 11.8. The van der Waals surface area contributed by atoms with E-state index in [1.165, 1.54) is 12.0 Å². The van der Waals surface area contributed by atoms with Crippen LogP contribution in [0.1, 0.15) is 24.8 Å². The molecule has 6 nitrogen and oxygen atoms in total. The number of aromatic nitrogens is 1. The number of hydrogen-bond donors (Lipinski definition) is 1. The van der Waals surface area contributed by atoms with Crippen molar-refractivity contribution in [1.29, 1.82) is 0 Å². The number of hydrogen-bond acceptors (Lipinski definition) is 4. The van der Waals surface area contributed by atoms with Crippen molar-refractivity contribution >= 4 is 23.3 Å². The quantitative estimate of drug-likeness (QED) is 0.487. The fourth-order valence-electron chi connectivity index (χ4n) is 5.00. The zero-order valence-electron chi connectivity index (χ0n) is 19.1. The third-order valence-electron chi connectivity index (χ3n) is 6.90. The smallest absolute Gasteiger partial charge is 0.321 e. The SMILES string of the molecule is O=C(Nc1cccnc1)N1CCC2(CCN(Cc3cccc(Oc4ccc(Cl)cc4)c3)C2)CC1. The van der Waals surface area contributed by atoms with Gasteiger partial charge in [0, 0.05) is 37.4 Å². The highest BCUT2D eigenvalue weighted by molar-refractivity contribution is 6.30. The number of carbonyl (C=O) groups excluding carboxylic acids is 1. The van der Waals surface area contributed by atoms with E-state index in [4.69, 9.17) is 16.3 Å². The first-order valence-corrected chi connectivity index (χ1v) is 12.2. The van der Waals surface area contributed by atoms with Crippen LogP contribution in [0.4, 0.5) is 10.5 Å². The van der Waals surface area contributed by atoms with Crippen molar-refractivity contribution < 1.29 is 9.53 Å². The average molecular weight is 477 g/mol. The Balaban J connectivity index is 1.13. The van der Waals surface area contributed by atoms with Crippen molar-refractivity contribution in [3.63, 3.8) is 0 Å². The molecule has 2 aliphatic heterocycles. The number of carbonyl (C=O) groups is 1. The molecule has 2 fully saturated rings. The van der Waals surface area contributed by atoms with Crippen LogP contribution in [0.3, 0.4) is 0 Å². The minimum atomic E-state index is -0.0322. The minimum absolute atomic E-state index is 0.0322. The van der Waals surface area contributed by atoms with Gasteiger partial charge in [-0.3, -0.25) is 9.88 Å². The van der Waals surface area contributed by atoms with E-state index in [0.29, 0.717) is 10.4 Å². The number of piperidine rings is 1. The second kappa shape index (κ2) is 10.0. The molecule has 3 aromatic rings. The van der Waals surface area contributed by atoms with Crippen LogP contribution in [-0.2, 0) is 6.54 Å². The summed E-state index contributed by atoms with van der Waals surface area (Å²) in [4.78, 5) is 21.1. The summed E-state index contributed by atoms with van der Waals surface area (Å²) in [6.45, 7) is 4.66. The molecule has 2 saturated heterocycles. The molecular formula is C27H29ClN4O2. The van der Waals surface area contributed by atoms with E-state index in [2.05, 4.69) is 27.3 Å². The largest absolute Gasteiger partial charge is 0.457 e. The van der Waals surface area contributed by atoms with Crippen molar-refractivity contribution in [2.45, 2.75) is 25.8 Å². The first-order chi connectivity index (χ1) is 16.6. The summed E-state index contributed by atoms with van der Waals surface area (Å²) in [5.74, 6) is 1.61. The average Bonchev–Trinajstić information content (AvgIpc) is 3.23. The highest BCUT2D eigenvalue weighted by atomic mass is 35.5. The summed E-state index contributed by atoms with van der Waals surface area (Å²) in [6, 6.07) is 19.4. The lowest BCUT2D eigenvalue weighted by Crippen LogP contribution is -2.45. The molecule has 7 heteroatoms. The van der Waals surface area contributed by atoms with Gasteiger partial charge in [0.2, 0.25) is 0 Å². The van der Waals surface area contributed by atoms with Gasteiger partial charge in [-0.1, -0.05) is 23.7 Å². The number of anilines is 1. The summed E-state index contributed by atoms with van der Waals surface area (Å²) in [5, 5.41) is 3.65. The molecule has 3 heterocycles. The Morgan fingerprint density at radius 2 is 1.79 bits per heavy atom. The van der Waals surface area contributed by atoms with E-state index in [9.17, 15) is 4.79 Å². The van der Waals surface area contributed by atoms with Crippen molar-refractivity contribution in [3.8, 4) is 11.5 Å². The highest BCUT2D eigenvalue weighted by Gasteiger charge is 2.41. The summed E-state index contributed by atoms with van der Waals surface area (Å²) < 4.78 is 6.00. The Morgan fingerprint density at radius 3 is 2.56 bits per heavy atom. The zero-order chi connectivity index (χ0) is 23.4. The van der Waals surface area contributed by atoms with Gasteiger partial charge in [-0.25, -0.2) is 4.79 Å². The lowest BCUT2D eigenvalue weighted by molar-refractivity contribution is 0.124. The van der Waals surface area contributed by atoms with Crippen LogP contribution in [0.5, 0.6) is 11.5 Å². The second-order valence-corrected chi connectivity index (χ2v) is 9.76. The van der Waals surface area contributed by atoms with Gasteiger partial charge in [0.25, 0.3) is 0 Å². The molecule has 0 atom stereocenters. The maximum absolute atomic E-state index is 12.6. The molecule has 0 bridgehead atoms. The third-order valence-corrected chi connectivity index (χ3v) is 7.15. The molecule has 2 aromatic carbocycles. The first kappa shape index (κ1) is 22.7.